The number of halogens is 1. The summed E-state index contributed by atoms with van der Waals surface area (Å²) < 4.78 is 1.11. The van der Waals surface area contributed by atoms with Gasteiger partial charge in [0.15, 0.2) is 0 Å². The molecule has 38 valence electrons. The van der Waals surface area contributed by atoms with Crippen LogP contribution in [0.25, 0.3) is 0 Å². The van der Waals surface area contributed by atoms with Gasteiger partial charge in [-0.25, -0.2) is 0 Å². The maximum absolute atomic E-state index is 4.11. The van der Waals surface area contributed by atoms with E-state index in [2.05, 4.69) is 28.6 Å². The van der Waals surface area contributed by atoms with Gasteiger partial charge in [-0.05, 0) is 27.4 Å². The molecule has 1 heterocycles. The second kappa shape index (κ2) is 2.20. The van der Waals surface area contributed by atoms with E-state index in [0.717, 1.165) is 8.68 Å². The van der Waals surface area contributed by atoms with Gasteiger partial charge >= 0.3 is 0 Å². The van der Waals surface area contributed by atoms with Gasteiger partial charge in [-0.3, -0.25) is 0 Å². The summed E-state index contributed by atoms with van der Waals surface area (Å²) in [5.41, 5.74) is 0. The highest BCUT2D eigenvalue weighted by Crippen LogP contribution is 2.25. The SMILES string of the molecule is Sc1ccsc1Br. The summed E-state index contributed by atoms with van der Waals surface area (Å²) in [6.45, 7) is 0. The highest BCUT2D eigenvalue weighted by Gasteiger charge is 1.90. The van der Waals surface area contributed by atoms with E-state index in [0.29, 0.717) is 0 Å². The summed E-state index contributed by atoms with van der Waals surface area (Å²) in [7, 11) is 0. The van der Waals surface area contributed by atoms with E-state index in [-0.39, 0.29) is 0 Å². The molecule has 3 heteroatoms. The van der Waals surface area contributed by atoms with Crippen molar-refractivity contribution in [2.75, 3.05) is 0 Å². The second-order valence-electron chi connectivity index (χ2n) is 1.08. The molecular weight excluding hydrogens is 192 g/mol. The molecule has 0 fully saturated rings. The van der Waals surface area contributed by atoms with E-state index in [1.165, 1.54) is 0 Å². The zero-order chi connectivity index (χ0) is 5.28. The zero-order valence-electron chi connectivity index (χ0n) is 3.39. The lowest BCUT2D eigenvalue weighted by Gasteiger charge is -1.76. The third-order valence-corrected chi connectivity index (χ3v) is 3.12. The molecule has 0 spiro atoms. The van der Waals surface area contributed by atoms with Crippen LogP contribution in [0.3, 0.4) is 0 Å². The predicted octanol–water partition coefficient (Wildman–Crippen LogP) is 2.80. The molecule has 0 atom stereocenters. The standard InChI is InChI=1S/C4H3BrS2/c5-4-3(6)1-2-7-4/h1-2,6H. The zero-order valence-corrected chi connectivity index (χ0v) is 6.69. The van der Waals surface area contributed by atoms with Crippen LogP contribution in [-0.2, 0) is 0 Å². The fourth-order valence-corrected chi connectivity index (χ4v) is 1.59. The van der Waals surface area contributed by atoms with Gasteiger partial charge in [0.1, 0.15) is 0 Å². The van der Waals surface area contributed by atoms with Gasteiger partial charge in [0, 0.05) is 4.90 Å². The van der Waals surface area contributed by atoms with Gasteiger partial charge < -0.3 is 0 Å². The number of thiol groups is 1. The van der Waals surface area contributed by atoms with Crippen molar-refractivity contribution >= 4 is 39.9 Å². The number of thiophene rings is 1. The van der Waals surface area contributed by atoms with Crippen molar-refractivity contribution in [2.45, 2.75) is 4.90 Å². The summed E-state index contributed by atoms with van der Waals surface area (Å²) in [6.07, 6.45) is 0. The Bertz CT molecular complexity index is 142. The summed E-state index contributed by atoms with van der Waals surface area (Å²) in [5.74, 6) is 0. The molecule has 0 aliphatic carbocycles. The number of hydrogen-bond acceptors (Lipinski definition) is 2. The monoisotopic (exact) mass is 194 g/mol. The summed E-state index contributed by atoms with van der Waals surface area (Å²) in [4.78, 5) is 1.02. The van der Waals surface area contributed by atoms with E-state index < -0.39 is 0 Å². The Hall–Kier alpha value is 0.530. The van der Waals surface area contributed by atoms with Crippen molar-refractivity contribution in [3.05, 3.63) is 15.2 Å². The van der Waals surface area contributed by atoms with E-state index in [9.17, 15) is 0 Å². The Morgan fingerprint density at radius 1 is 1.71 bits per heavy atom. The second-order valence-corrected chi connectivity index (χ2v) is 3.80. The summed E-state index contributed by atoms with van der Waals surface area (Å²) in [5, 5.41) is 1.99. The Balaban J connectivity index is 3.12. The Kier molecular flexibility index (Phi) is 1.78. The lowest BCUT2D eigenvalue weighted by atomic mass is 10.7. The van der Waals surface area contributed by atoms with Crippen molar-refractivity contribution in [3.8, 4) is 0 Å². The van der Waals surface area contributed by atoms with Crippen LogP contribution in [-0.4, -0.2) is 0 Å². The van der Waals surface area contributed by atoms with Crippen molar-refractivity contribution in [1.82, 2.24) is 0 Å². The molecule has 0 aliphatic rings. The molecule has 0 aromatic carbocycles. The number of rotatable bonds is 0. The van der Waals surface area contributed by atoms with Gasteiger partial charge in [0.25, 0.3) is 0 Å². The van der Waals surface area contributed by atoms with Gasteiger partial charge in [-0.15, -0.1) is 24.0 Å². The van der Waals surface area contributed by atoms with Crippen LogP contribution in [0.4, 0.5) is 0 Å². The molecule has 0 N–H and O–H groups in total. The fourth-order valence-electron chi connectivity index (χ4n) is 0.284. The van der Waals surface area contributed by atoms with Crippen molar-refractivity contribution in [2.24, 2.45) is 0 Å². The third kappa shape index (κ3) is 1.21. The van der Waals surface area contributed by atoms with Crippen LogP contribution < -0.4 is 0 Å². The molecular formula is C4H3BrS2. The predicted molar refractivity (Wildman–Crippen MR) is 39.3 cm³/mol. The third-order valence-electron chi connectivity index (χ3n) is 0.599. The molecule has 7 heavy (non-hydrogen) atoms. The molecule has 0 radical (unpaired) electrons. The Labute approximate surface area is 60.1 Å². The van der Waals surface area contributed by atoms with Crippen LogP contribution >= 0.6 is 39.9 Å². The van der Waals surface area contributed by atoms with Crippen molar-refractivity contribution in [1.29, 1.82) is 0 Å². The van der Waals surface area contributed by atoms with Crippen LogP contribution in [0.15, 0.2) is 20.1 Å². The van der Waals surface area contributed by atoms with Crippen LogP contribution in [0.5, 0.6) is 0 Å². The van der Waals surface area contributed by atoms with Crippen molar-refractivity contribution < 1.29 is 0 Å². The average molecular weight is 195 g/mol. The van der Waals surface area contributed by atoms with E-state index in [1.54, 1.807) is 11.3 Å². The van der Waals surface area contributed by atoms with Crippen molar-refractivity contribution in [3.63, 3.8) is 0 Å². The molecule has 0 nitrogen and oxygen atoms in total. The molecule has 0 saturated heterocycles. The molecule has 1 aromatic rings. The molecule has 1 aromatic heterocycles. The Morgan fingerprint density at radius 3 is 2.57 bits per heavy atom. The van der Waals surface area contributed by atoms with Crippen LogP contribution in [0.1, 0.15) is 0 Å². The number of hydrogen-bond donors (Lipinski definition) is 1. The molecule has 0 aliphatic heterocycles. The molecule has 0 bridgehead atoms. The first-order valence-electron chi connectivity index (χ1n) is 1.72. The fraction of sp³-hybridized carbons (Fsp3) is 0. The van der Waals surface area contributed by atoms with Gasteiger partial charge in [0.05, 0.1) is 3.79 Å². The minimum atomic E-state index is 1.02. The van der Waals surface area contributed by atoms with E-state index >= 15 is 0 Å². The lowest BCUT2D eigenvalue weighted by Crippen LogP contribution is -1.46. The van der Waals surface area contributed by atoms with Gasteiger partial charge in [-0.1, -0.05) is 0 Å². The minimum Gasteiger partial charge on any atom is -0.141 e. The normalized spacial score (nSPS) is 9.43. The largest absolute Gasteiger partial charge is 0.141 e. The molecule has 0 saturated carbocycles. The highest BCUT2D eigenvalue weighted by atomic mass is 79.9. The van der Waals surface area contributed by atoms with Crippen LogP contribution in [0.2, 0.25) is 0 Å². The maximum atomic E-state index is 4.11. The summed E-state index contributed by atoms with van der Waals surface area (Å²) in [6, 6.07) is 1.96. The quantitative estimate of drug-likeness (QED) is 0.604. The van der Waals surface area contributed by atoms with Gasteiger partial charge in [0.2, 0.25) is 0 Å². The smallest absolute Gasteiger partial charge is 0.0831 e. The molecule has 0 unspecified atom stereocenters. The van der Waals surface area contributed by atoms with E-state index in [4.69, 9.17) is 0 Å². The average Bonchev–Trinajstić information content (AvgIpc) is 1.91. The van der Waals surface area contributed by atoms with Crippen LogP contribution in [0, 0.1) is 0 Å². The minimum absolute atomic E-state index is 1.02. The Morgan fingerprint density at radius 2 is 2.43 bits per heavy atom. The summed E-state index contributed by atoms with van der Waals surface area (Å²) >= 11 is 9.06. The first-order valence-corrected chi connectivity index (χ1v) is 3.84. The maximum Gasteiger partial charge on any atom is 0.0831 e. The van der Waals surface area contributed by atoms with E-state index in [1.807, 2.05) is 11.4 Å². The lowest BCUT2D eigenvalue weighted by molar-refractivity contribution is 1.57. The first-order chi connectivity index (χ1) is 3.30. The topological polar surface area (TPSA) is 0 Å². The molecule has 0 amide bonds. The first kappa shape index (κ1) is 5.66. The highest BCUT2D eigenvalue weighted by molar-refractivity contribution is 9.11. The molecule has 1 rings (SSSR count). The van der Waals surface area contributed by atoms with Gasteiger partial charge in [-0.2, -0.15) is 0 Å².